The number of rotatable bonds is 5. The Bertz CT molecular complexity index is 966. The minimum absolute atomic E-state index is 0.0697. The zero-order valence-corrected chi connectivity index (χ0v) is 14.1. The summed E-state index contributed by atoms with van der Waals surface area (Å²) in [7, 11) is -3.77. The van der Waals surface area contributed by atoms with Gasteiger partial charge in [-0.15, -0.1) is 6.42 Å². The molecule has 7 nitrogen and oxygen atoms in total. The summed E-state index contributed by atoms with van der Waals surface area (Å²) in [6.45, 7) is -0.160. The molecule has 0 aromatic heterocycles. The molecule has 2 rings (SSSR count). The number of hydrogen-bond donors (Lipinski definition) is 3. The topological polar surface area (TPSA) is 104 Å². The Balaban J connectivity index is 2.01. The molecule has 9 heteroatoms. The molecular weight excluding hydrogens is 361 g/mol. The average molecular weight is 375 g/mol. The van der Waals surface area contributed by atoms with Crippen LogP contribution in [-0.2, 0) is 10.0 Å². The van der Waals surface area contributed by atoms with Gasteiger partial charge in [0.25, 0.3) is 11.8 Å². The number of halogens is 1. The van der Waals surface area contributed by atoms with E-state index in [1.165, 1.54) is 42.5 Å². The van der Waals surface area contributed by atoms with Crippen molar-refractivity contribution in [2.75, 3.05) is 6.54 Å². The Morgan fingerprint density at radius 3 is 2.23 bits per heavy atom. The van der Waals surface area contributed by atoms with Gasteiger partial charge in [0.1, 0.15) is 5.82 Å². The minimum atomic E-state index is -3.77. The minimum Gasteiger partial charge on any atom is -0.267 e. The van der Waals surface area contributed by atoms with Gasteiger partial charge in [-0.2, -0.15) is 4.72 Å². The molecule has 134 valence electrons. The van der Waals surface area contributed by atoms with E-state index in [4.69, 9.17) is 6.42 Å². The number of carbonyl (C=O) groups excluding carboxylic acids is 2. The molecule has 0 fully saturated rings. The van der Waals surface area contributed by atoms with Crippen molar-refractivity contribution in [2.45, 2.75) is 4.90 Å². The predicted molar refractivity (Wildman–Crippen MR) is 91.8 cm³/mol. The van der Waals surface area contributed by atoms with E-state index in [-0.39, 0.29) is 22.6 Å². The van der Waals surface area contributed by atoms with Crippen molar-refractivity contribution < 1.29 is 22.4 Å². The van der Waals surface area contributed by atoms with Crippen molar-refractivity contribution in [1.29, 1.82) is 0 Å². The molecule has 2 amide bonds. The van der Waals surface area contributed by atoms with Crippen LogP contribution in [0.4, 0.5) is 4.39 Å². The summed E-state index contributed by atoms with van der Waals surface area (Å²) in [4.78, 5) is 23.7. The van der Waals surface area contributed by atoms with Gasteiger partial charge in [0.2, 0.25) is 10.0 Å². The largest absolute Gasteiger partial charge is 0.272 e. The number of amides is 2. The lowest BCUT2D eigenvalue weighted by Gasteiger charge is -2.09. The van der Waals surface area contributed by atoms with Crippen molar-refractivity contribution in [2.24, 2.45) is 0 Å². The molecule has 0 atom stereocenters. The smallest absolute Gasteiger partial charge is 0.267 e. The van der Waals surface area contributed by atoms with E-state index in [1.54, 1.807) is 0 Å². The SMILES string of the molecule is C#CCNS(=O)(=O)c1ccc(C(=O)NNC(=O)c2ccccc2F)cc1. The van der Waals surface area contributed by atoms with Gasteiger partial charge in [0.15, 0.2) is 0 Å². The molecule has 0 saturated heterocycles. The van der Waals surface area contributed by atoms with E-state index in [0.29, 0.717) is 0 Å². The molecule has 0 aliphatic rings. The third kappa shape index (κ3) is 4.66. The Morgan fingerprint density at radius 2 is 1.62 bits per heavy atom. The number of benzene rings is 2. The van der Waals surface area contributed by atoms with Crippen LogP contribution in [0.3, 0.4) is 0 Å². The maximum atomic E-state index is 13.5. The van der Waals surface area contributed by atoms with Crippen molar-refractivity contribution in [1.82, 2.24) is 15.6 Å². The van der Waals surface area contributed by atoms with Crippen LogP contribution in [0, 0.1) is 18.2 Å². The standard InChI is InChI=1S/C17H14FN3O4S/c1-2-11-19-26(24,25)13-9-7-12(8-10-13)16(22)20-21-17(23)14-5-3-4-6-15(14)18/h1,3-10,19H,11H2,(H,20,22)(H,21,23). The third-order valence-electron chi connectivity index (χ3n) is 3.20. The zero-order valence-electron chi connectivity index (χ0n) is 13.3. The monoisotopic (exact) mass is 375 g/mol. The first kappa shape index (κ1) is 19.1. The molecule has 2 aromatic carbocycles. The van der Waals surface area contributed by atoms with Gasteiger partial charge < -0.3 is 0 Å². The van der Waals surface area contributed by atoms with E-state index in [0.717, 1.165) is 6.07 Å². The van der Waals surface area contributed by atoms with Crippen LogP contribution in [0.1, 0.15) is 20.7 Å². The number of nitrogens with one attached hydrogen (secondary N) is 3. The maximum Gasteiger partial charge on any atom is 0.272 e. The molecule has 0 aliphatic heterocycles. The van der Waals surface area contributed by atoms with Crippen LogP contribution in [0.2, 0.25) is 0 Å². The van der Waals surface area contributed by atoms with Crippen LogP contribution >= 0.6 is 0 Å². The number of hydrazine groups is 1. The summed E-state index contributed by atoms with van der Waals surface area (Å²) in [5.74, 6) is -0.106. The number of terminal acetylenes is 1. The van der Waals surface area contributed by atoms with E-state index >= 15 is 0 Å². The molecule has 0 spiro atoms. The van der Waals surface area contributed by atoms with Crippen LogP contribution in [0.25, 0.3) is 0 Å². The number of hydrogen-bond acceptors (Lipinski definition) is 4. The van der Waals surface area contributed by atoms with Gasteiger partial charge in [-0.3, -0.25) is 20.4 Å². The van der Waals surface area contributed by atoms with Crippen LogP contribution < -0.4 is 15.6 Å². The van der Waals surface area contributed by atoms with Gasteiger partial charge in [-0.25, -0.2) is 12.8 Å². The van der Waals surface area contributed by atoms with Crippen molar-refractivity contribution in [3.63, 3.8) is 0 Å². The molecule has 0 bridgehead atoms. The fourth-order valence-electron chi connectivity index (χ4n) is 1.90. The molecule has 0 heterocycles. The summed E-state index contributed by atoms with van der Waals surface area (Å²) in [6.07, 6.45) is 5.00. The highest BCUT2D eigenvalue weighted by Gasteiger charge is 2.15. The average Bonchev–Trinajstić information content (AvgIpc) is 2.64. The van der Waals surface area contributed by atoms with Gasteiger partial charge in [-0.05, 0) is 36.4 Å². The van der Waals surface area contributed by atoms with E-state index < -0.39 is 27.7 Å². The Labute approximate surface area is 149 Å². The lowest BCUT2D eigenvalue weighted by atomic mass is 10.2. The molecule has 0 saturated carbocycles. The Morgan fingerprint density at radius 1 is 1.00 bits per heavy atom. The molecule has 3 N–H and O–H groups in total. The summed E-state index contributed by atoms with van der Waals surface area (Å²) < 4.78 is 39.4. The normalized spacial score (nSPS) is 10.6. The zero-order chi connectivity index (χ0) is 19.2. The molecule has 0 aliphatic carbocycles. The second kappa shape index (κ2) is 8.24. The lowest BCUT2D eigenvalue weighted by Crippen LogP contribution is -2.41. The van der Waals surface area contributed by atoms with E-state index in [9.17, 15) is 22.4 Å². The first-order valence-electron chi connectivity index (χ1n) is 7.23. The number of sulfonamides is 1. The highest BCUT2D eigenvalue weighted by Crippen LogP contribution is 2.10. The quantitative estimate of drug-likeness (QED) is 0.531. The van der Waals surface area contributed by atoms with Gasteiger partial charge in [-0.1, -0.05) is 18.1 Å². The molecule has 0 unspecified atom stereocenters. The van der Waals surface area contributed by atoms with Crippen molar-refractivity contribution in [3.05, 3.63) is 65.5 Å². The van der Waals surface area contributed by atoms with Crippen LogP contribution in [0.15, 0.2) is 53.4 Å². The Kier molecular flexibility index (Phi) is 6.06. The van der Waals surface area contributed by atoms with Crippen molar-refractivity contribution in [3.8, 4) is 12.3 Å². The number of carbonyl (C=O) groups is 2. The van der Waals surface area contributed by atoms with E-state index in [2.05, 4.69) is 21.5 Å². The summed E-state index contributed by atoms with van der Waals surface area (Å²) in [6, 6.07) is 10.2. The van der Waals surface area contributed by atoms with Crippen molar-refractivity contribution >= 4 is 21.8 Å². The molecule has 26 heavy (non-hydrogen) atoms. The molecular formula is C17H14FN3O4S. The van der Waals surface area contributed by atoms with Crippen LogP contribution in [-0.4, -0.2) is 26.8 Å². The van der Waals surface area contributed by atoms with Gasteiger partial charge in [0.05, 0.1) is 17.0 Å². The molecule has 0 radical (unpaired) electrons. The fraction of sp³-hybridized carbons (Fsp3) is 0.0588. The highest BCUT2D eigenvalue weighted by atomic mass is 32.2. The Hall–Kier alpha value is -3.22. The second-order valence-electron chi connectivity index (χ2n) is 4.94. The highest BCUT2D eigenvalue weighted by molar-refractivity contribution is 7.89. The van der Waals surface area contributed by atoms with Gasteiger partial charge in [0, 0.05) is 5.56 Å². The second-order valence-corrected chi connectivity index (χ2v) is 6.71. The maximum absolute atomic E-state index is 13.5. The predicted octanol–water partition coefficient (Wildman–Crippen LogP) is 0.812. The van der Waals surface area contributed by atoms with E-state index in [1.807, 2.05) is 0 Å². The first-order chi connectivity index (χ1) is 12.3. The van der Waals surface area contributed by atoms with Crippen LogP contribution in [0.5, 0.6) is 0 Å². The first-order valence-corrected chi connectivity index (χ1v) is 8.72. The third-order valence-corrected chi connectivity index (χ3v) is 4.62. The molecule has 2 aromatic rings. The van der Waals surface area contributed by atoms with Gasteiger partial charge >= 0.3 is 0 Å². The fourth-order valence-corrected chi connectivity index (χ4v) is 2.84. The summed E-state index contributed by atoms with van der Waals surface area (Å²) in [5, 5.41) is 0. The summed E-state index contributed by atoms with van der Waals surface area (Å²) in [5.41, 5.74) is 4.06. The summed E-state index contributed by atoms with van der Waals surface area (Å²) >= 11 is 0. The lowest BCUT2D eigenvalue weighted by molar-refractivity contribution is 0.0844.